The van der Waals surface area contributed by atoms with Crippen LogP contribution in [-0.4, -0.2) is 7.28 Å². The van der Waals surface area contributed by atoms with Gasteiger partial charge in [0, 0.05) is 60.8 Å². The van der Waals surface area contributed by atoms with Crippen LogP contribution < -0.4 is 21.1 Å². The van der Waals surface area contributed by atoms with Crippen molar-refractivity contribution in [2.75, 3.05) is 10.2 Å². The van der Waals surface area contributed by atoms with Crippen LogP contribution in [0.1, 0.15) is 25.0 Å². The van der Waals surface area contributed by atoms with Gasteiger partial charge in [0.2, 0.25) is 0 Å². The molecule has 0 aliphatic carbocycles. The molecule has 1 N–H and O–H groups in total. The Hall–Kier alpha value is -7.50. The summed E-state index contributed by atoms with van der Waals surface area (Å²) < 4.78 is 13.8. The van der Waals surface area contributed by atoms with Crippen molar-refractivity contribution in [2.24, 2.45) is 0 Å². The van der Waals surface area contributed by atoms with Gasteiger partial charge in [-0.2, -0.15) is 0 Å². The lowest BCUT2D eigenvalue weighted by molar-refractivity contribution is 0.632. The Morgan fingerprint density at radius 1 is 0.517 bits per heavy atom. The van der Waals surface area contributed by atoms with Crippen LogP contribution in [0, 0.1) is 0 Å². The second-order valence-electron chi connectivity index (χ2n) is 17.0. The van der Waals surface area contributed by atoms with E-state index in [1.54, 1.807) is 0 Å². The Labute approximate surface area is 347 Å². The summed E-state index contributed by atoms with van der Waals surface area (Å²) >= 11 is 0. The van der Waals surface area contributed by atoms with Crippen LogP contribution in [0.3, 0.4) is 0 Å². The Balaban J connectivity index is 1.11. The van der Waals surface area contributed by atoms with E-state index in [0.717, 1.165) is 79.0 Å². The lowest BCUT2D eigenvalue weighted by Crippen LogP contribution is -2.45. The molecule has 0 amide bonds. The number of fused-ring (bicyclic) bond motifs is 11. The van der Waals surface area contributed by atoms with Crippen molar-refractivity contribution in [2.45, 2.75) is 19.3 Å². The average molecular weight is 769 g/mol. The molecule has 0 saturated heterocycles. The molecule has 0 radical (unpaired) electrons. The first kappa shape index (κ1) is 33.5. The van der Waals surface area contributed by atoms with Gasteiger partial charge in [-0.05, 0) is 93.1 Å². The summed E-state index contributed by atoms with van der Waals surface area (Å²) in [6.45, 7) is 4.73. The summed E-state index contributed by atoms with van der Waals surface area (Å²) in [6, 6.07) is 63.4. The van der Waals surface area contributed by atoms with Gasteiger partial charge in [-0.1, -0.05) is 141 Å². The minimum Gasteiger partial charge on any atom is -0.456 e. The lowest BCUT2D eigenvalue weighted by atomic mass is 9.55. The van der Waals surface area contributed by atoms with Crippen LogP contribution in [0.5, 0.6) is 0 Å². The highest BCUT2D eigenvalue weighted by Gasteiger charge is 2.41. The van der Waals surface area contributed by atoms with Crippen molar-refractivity contribution < 1.29 is 8.83 Å². The van der Waals surface area contributed by atoms with Crippen molar-refractivity contribution in [3.63, 3.8) is 0 Å². The zero-order valence-corrected chi connectivity index (χ0v) is 33.2. The minimum absolute atomic E-state index is 0.157. The molecule has 0 saturated carbocycles. The lowest BCUT2D eigenvalue weighted by Gasteiger charge is -2.46. The standard InChI is InChI=1S/C55H37BN2O2/c1-55(2)42-18-9-10-21-46(42)58-47-30-40-37-17-8-11-22-48(37)60-54(40)51(52(47)56-44-20-12-19-43(55)53(44)58)41-31-50-39(38-27-34-15-6-7-16-35(34)28-49(38)59-50)29-45(41)57-36-25-23-33(24-26-36)32-13-4-3-5-14-32/h3-31,56-57H,1-2H3. The third kappa shape index (κ3) is 4.75. The van der Waals surface area contributed by atoms with Crippen LogP contribution in [0.4, 0.5) is 28.4 Å². The largest absolute Gasteiger partial charge is 0.456 e. The molecule has 9 aromatic carbocycles. The predicted octanol–water partition coefficient (Wildman–Crippen LogP) is 13.5. The predicted molar refractivity (Wildman–Crippen MR) is 252 cm³/mol. The minimum atomic E-state index is -0.157. The van der Waals surface area contributed by atoms with Crippen molar-refractivity contribution in [3.8, 4) is 22.3 Å². The third-order valence-electron chi connectivity index (χ3n) is 13.2. The van der Waals surface area contributed by atoms with Crippen LogP contribution in [0.2, 0.25) is 0 Å². The van der Waals surface area contributed by atoms with Gasteiger partial charge < -0.3 is 19.1 Å². The Morgan fingerprint density at radius 2 is 1.22 bits per heavy atom. The van der Waals surface area contributed by atoms with Crippen LogP contribution in [0.15, 0.2) is 185 Å². The molecule has 0 fully saturated rings. The van der Waals surface area contributed by atoms with Gasteiger partial charge in [0.25, 0.3) is 0 Å². The Kier molecular flexibility index (Phi) is 6.84. The van der Waals surface area contributed by atoms with E-state index in [9.17, 15) is 0 Å². The maximum Gasteiger partial charge on any atom is 0.198 e. The van der Waals surface area contributed by atoms with Gasteiger partial charge in [-0.25, -0.2) is 0 Å². The molecular formula is C55H37BN2O2. The fourth-order valence-corrected chi connectivity index (χ4v) is 10.3. The zero-order chi connectivity index (χ0) is 39.7. The van der Waals surface area contributed by atoms with Crippen molar-refractivity contribution >= 4 is 101 Å². The van der Waals surface area contributed by atoms with Gasteiger partial charge in [0.15, 0.2) is 7.28 Å². The molecule has 0 atom stereocenters. The van der Waals surface area contributed by atoms with E-state index >= 15 is 0 Å². The normalized spacial score (nSPS) is 13.7. The number of para-hydroxylation sites is 3. The molecule has 4 nitrogen and oxygen atoms in total. The number of benzene rings is 9. The quantitative estimate of drug-likeness (QED) is 0.181. The summed E-state index contributed by atoms with van der Waals surface area (Å²) in [4.78, 5) is 2.54. The first-order valence-corrected chi connectivity index (χ1v) is 20.8. The number of nitrogens with zero attached hydrogens (tertiary/aromatic N) is 1. The summed E-state index contributed by atoms with van der Waals surface area (Å²) in [7, 11) is 0.754. The SMILES string of the molecule is CC1(C)c2ccccc2N2c3cc4c(oc5ccccc54)c(-c4cc5oc6cc7ccccc7cc6c5cc4Nc4ccc(-c5ccccc5)cc4)c3Bc3cccc1c32. The van der Waals surface area contributed by atoms with Gasteiger partial charge >= 0.3 is 0 Å². The number of anilines is 5. The van der Waals surface area contributed by atoms with Crippen LogP contribution >= 0.6 is 0 Å². The van der Waals surface area contributed by atoms with E-state index in [2.05, 4.69) is 200 Å². The molecule has 11 aromatic rings. The topological polar surface area (TPSA) is 41.6 Å². The van der Waals surface area contributed by atoms with Gasteiger partial charge in [-0.3, -0.25) is 0 Å². The van der Waals surface area contributed by atoms with Gasteiger partial charge in [0.1, 0.15) is 22.3 Å². The molecule has 0 bridgehead atoms. The van der Waals surface area contributed by atoms with Crippen molar-refractivity contribution in [1.82, 2.24) is 0 Å². The van der Waals surface area contributed by atoms with Gasteiger partial charge in [-0.15, -0.1) is 0 Å². The molecule has 2 aromatic heterocycles. The van der Waals surface area contributed by atoms with E-state index in [1.807, 2.05) is 0 Å². The molecule has 5 heteroatoms. The fourth-order valence-electron chi connectivity index (χ4n) is 10.3. The number of rotatable bonds is 4. The molecule has 282 valence electrons. The highest BCUT2D eigenvalue weighted by atomic mass is 16.3. The molecule has 4 heterocycles. The maximum absolute atomic E-state index is 7.02. The zero-order valence-electron chi connectivity index (χ0n) is 33.2. The van der Waals surface area contributed by atoms with Crippen LogP contribution in [-0.2, 0) is 5.41 Å². The summed E-state index contributed by atoms with van der Waals surface area (Å²) in [5.74, 6) is 0. The Bertz CT molecular complexity index is 3580. The number of hydrogen-bond donors (Lipinski definition) is 1. The first-order valence-electron chi connectivity index (χ1n) is 20.8. The molecule has 13 rings (SSSR count). The van der Waals surface area contributed by atoms with E-state index in [4.69, 9.17) is 8.83 Å². The monoisotopic (exact) mass is 768 g/mol. The number of hydrogen-bond acceptors (Lipinski definition) is 4. The van der Waals surface area contributed by atoms with Crippen LogP contribution in [0.25, 0.3) is 76.9 Å². The number of nitrogens with one attached hydrogen (secondary N) is 1. The second-order valence-corrected chi connectivity index (χ2v) is 17.0. The molecular weight excluding hydrogens is 731 g/mol. The molecule has 60 heavy (non-hydrogen) atoms. The van der Waals surface area contributed by atoms with Crippen molar-refractivity contribution in [1.29, 1.82) is 0 Å². The van der Waals surface area contributed by atoms with Gasteiger partial charge in [0.05, 0.1) is 5.69 Å². The maximum atomic E-state index is 7.02. The number of furan rings is 2. The fraction of sp³-hybridized carbons (Fsp3) is 0.0545. The second kappa shape index (κ2) is 12.3. The highest BCUT2D eigenvalue weighted by molar-refractivity contribution is 6.74. The molecule has 2 aliphatic heterocycles. The molecule has 0 spiro atoms. The Morgan fingerprint density at radius 3 is 2.08 bits per heavy atom. The van der Waals surface area contributed by atoms with Crippen molar-refractivity contribution in [3.05, 3.63) is 187 Å². The summed E-state index contributed by atoms with van der Waals surface area (Å²) in [5.41, 5.74) is 18.7. The highest BCUT2D eigenvalue weighted by Crippen LogP contribution is 2.54. The van der Waals surface area contributed by atoms with E-state index in [-0.39, 0.29) is 5.41 Å². The molecule has 2 aliphatic rings. The summed E-state index contributed by atoms with van der Waals surface area (Å²) in [5, 5.41) is 10.6. The van der Waals surface area contributed by atoms with E-state index < -0.39 is 0 Å². The van der Waals surface area contributed by atoms with E-state index in [0.29, 0.717) is 0 Å². The molecule has 0 unspecified atom stereocenters. The average Bonchev–Trinajstić information content (AvgIpc) is 3.83. The summed E-state index contributed by atoms with van der Waals surface area (Å²) in [6.07, 6.45) is 0. The smallest absolute Gasteiger partial charge is 0.198 e. The van der Waals surface area contributed by atoms with E-state index in [1.165, 1.54) is 55.6 Å². The first-order chi connectivity index (χ1) is 29.5. The third-order valence-corrected chi connectivity index (χ3v) is 13.2.